The summed E-state index contributed by atoms with van der Waals surface area (Å²) < 4.78 is 0.257. The van der Waals surface area contributed by atoms with Gasteiger partial charge in [0, 0.05) is 0 Å². The number of carbonyl (C=O) groups is 1. The molecule has 1 aromatic heterocycles. The fraction of sp³-hybridized carbons (Fsp3) is 0. The van der Waals surface area contributed by atoms with Crippen LogP contribution in [0.2, 0.25) is 0 Å². The third-order valence-electron chi connectivity index (χ3n) is 1.24. The number of aromatic carboxylic acids is 1. The highest BCUT2D eigenvalue weighted by Gasteiger charge is 2.10. The molecule has 5 nitrogen and oxygen atoms in total. The van der Waals surface area contributed by atoms with Crippen molar-refractivity contribution in [2.24, 2.45) is 0 Å². The van der Waals surface area contributed by atoms with Crippen LogP contribution < -0.4 is 11.3 Å². The molecule has 0 amide bonds. The van der Waals surface area contributed by atoms with E-state index in [-0.39, 0.29) is 15.9 Å². The SMILES string of the molecule is Nc1cc(Br)c(C(=O)O)[nH]c1=O. The zero-order valence-electron chi connectivity index (χ0n) is 5.80. The lowest BCUT2D eigenvalue weighted by Crippen LogP contribution is -2.16. The molecule has 64 valence electrons. The van der Waals surface area contributed by atoms with Gasteiger partial charge in [0.25, 0.3) is 5.56 Å². The average Bonchev–Trinajstić information content (AvgIpc) is 1.96. The van der Waals surface area contributed by atoms with Crippen molar-refractivity contribution in [3.05, 3.63) is 26.6 Å². The van der Waals surface area contributed by atoms with E-state index in [4.69, 9.17) is 10.8 Å². The number of aromatic amines is 1. The van der Waals surface area contributed by atoms with Gasteiger partial charge in [-0.25, -0.2) is 4.79 Å². The van der Waals surface area contributed by atoms with Crippen LogP contribution in [-0.4, -0.2) is 16.1 Å². The Kier molecular flexibility index (Phi) is 2.18. The summed E-state index contributed by atoms with van der Waals surface area (Å²) in [4.78, 5) is 23.4. The summed E-state index contributed by atoms with van der Waals surface area (Å²) >= 11 is 2.95. The summed E-state index contributed by atoms with van der Waals surface area (Å²) in [6.45, 7) is 0. The summed E-state index contributed by atoms with van der Waals surface area (Å²) in [6, 6.07) is 1.25. The number of aromatic nitrogens is 1. The Hall–Kier alpha value is -1.30. The maximum absolute atomic E-state index is 10.8. The lowest BCUT2D eigenvalue weighted by molar-refractivity contribution is 0.0689. The van der Waals surface area contributed by atoms with Gasteiger partial charge in [0.1, 0.15) is 5.69 Å². The number of carboxylic acid groups (broad SMARTS) is 1. The summed E-state index contributed by atoms with van der Waals surface area (Å²) in [6.07, 6.45) is 0. The van der Waals surface area contributed by atoms with Crippen molar-refractivity contribution in [1.29, 1.82) is 0 Å². The van der Waals surface area contributed by atoms with Gasteiger partial charge >= 0.3 is 5.97 Å². The Morgan fingerprint density at radius 1 is 1.67 bits per heavy atom. The number of nitrogens with one attached hydrogen (secondary N) is 1. The molecule has 4 N–H and O–H groups in total. The Bertz CT molecular complexity index is 385. The summed E-state index contributed by atoms with van der Waals surface area (Å²) in [5, 5.41) is 8.54. The number of halogens is 1. The van der Waals surface area contributed by atoms with Crippen LogP contribution in [0.4, 0.5) is 5.69 Å². The third-order valence-corrected chi connectivity index (χ3v) is 1.86. The quantitative estimate of drug-likeness (QED) is 0.654. The molecule has 12 heavy (non-hydrogen) atoms. The van der Waals surface area contributed by atoms with E-state index < -0.39 is 11.5 Å². The van der Waals surface area contributed by atoms with E-state index in [1.165, 1.54) is 6.07 Å². The normalized spacial score (nSPS) is 9.75. The molecule has 0 aliphatic heterocycles. The number of H-pyrrole nitrogens is 1. The van der Waals surface area contributed by atoms with Gasteiger partial charge < -0.3 is 15.8 Å². The predicted molar refractivity (Wildman–Crippen MR) is 46.1 cm³/mol. The van der Waals surface area contributed by atoms with Gasteiger partial charge in [0.05, 0.1) is 10.2 Å². The van der Waals surface area contributed by atoms with Gasteiger partial charge in [0.2, 0.25) is 0 Å². The molecule has 0 atom stereocenters. The molecule has 0 spiro atoms. The fourth-order valence-corrected chi connectivity index (χ4v) is 1.19. The number of anilines is 1. The molecule has 6 heteroatoms. The van der Waals surface area contributed by atoms with Gasteiger partial charge in [-0.15, -0.1) is 0 Å². The first-order chi connectivity index (χ1) is 5.52. The standard InChI is InChI=1S/C6H5BrN2O3/c7-2-1-3(8)5(10)9-4(2)6(11)12/h1H,8H2,(H,9,10)(H,11,12). The Morgan fingerprint density at radius 2 is 2.25 bits per heavy atom. The number of rotatable bonds is 1. The molecule has 0 aliphatic rings. The van der Waals surface area contributed by atoms with Gasteiger partial charge in [-0.1, -0.05) is 0 Å². The van der Waals surface area contributed by atoms with Crippen molar-refractivity contribution in [3.8, 4) is 0 Å². The minimum Gasteiger partial charge on any atom is -0.477 e. The summed E-state index contributed by atoms with van der Waals surface area (Å²) in [7, 11) is 0. The Morgan fingerprint density at radius 3 is 2.75 bits per heavy atom. The van der Waals surface area contributed by atoms with E-state index in [0.717, 1.165) is 0 Å². The number of hydrogen-bond acceptors (Lipinski definition) is 3. The molecule has 0 unspecified atom stereocenters. The lowest BCUT2D eigenvalue weighted by Gasteiger charge is -1.98. The lowest BCUT2D eigenvalue weighted by atomic mass is 10.3. The molecule has 1 heterocycles. The second kappa shape index (κ2) is 2.98. The van der Waals surface area contributed by atoms with E-state index in [1.807, 2.05) is 0 Å². The van der Waals surface area contributed by atoms with Crippen LogP contribution in [0.5, 0.6) is 0 Å². The highest BCUT2D eigenvalue weighted by atomic mass is 79.9. The van der Waals surface area contributed by atoms with Gasteiger partial charge in [0.15, 0.2) is 0 Å². The molecule has 0 aliphatic carbocycles. The summed E-state index contributed by atoms with van der Waals surface area (Å²) in [5.74, 6) is -1.21. The zero-order valence-corrected chi connectivity index (χ0v) is 7.38. The van der Waals surface area contributed by atoms with Crippen LogP contribution >= 0.6 is 15.9 Å². The number of nitrogen functional groups attached to an aromatic ring is 1. The molecule has 1 aromatic rings. The molecule has 0 saturated carbocycles. The maximum Gasteiger partial charge on any atom is 0.353 e. The third kappa shape index (κ3) is 1.48. The molecule has 0 fully saturated rings. The first kappa shape index (κ1) is 8.79. The van der Waals surface area contributed by atoms with Crippen molar-refractivity contribution >= 4 is 27.6 Å². The number of nitrogens with two attached hydrogens (primary N) is 1. The molecular formula is C6H5BrN2O3. The highest BCUT2D eigenvalue weighted by molar-refractivity contribution is 9.10. The number of carboxylic acids is 1. The first-order valence-electron chi connectivity index (χ1n) is 2.94. The highest BCUT2D eigenvalue weighted by Crippen LogP contribution is 2.14. The minimum atomic E-state index is -1.21. The van der Waals surface area contributed by atoms with E-state index in [0.29, 0.717) is 0 Å². The van der Waals surface area contributed by atoms with Gasteiger partial charge in [-0.05, 0) is 22.0 Å². The maximum atomic E-state index is 10.8. The van der Waals surface area contributed by atoms with E-state index in [2.05, 4.69) is 20.9 Å². The predicted octanol–water partition coefficient (Wildman–Crippen LogP) is 0.418. The van der Waals surface area contributed by atoms with Gasteiger partial charge in [-0.2, -0.15) is 0 Å². The molecule has 0 aromatic carbocycles. The molecule has 1 rings (SSSR count). The van der Waals surface area contributed by atoms with Crippen LogP contribution in [0.1, 0.15) is 10.5 Å². The second-order valence-electron chi connectivity index (χ2n) is 2.08. The molecular weight excluding hydrogens is 228 g/mol. The van der Waals surface area contributed by atoms with E-state index in [9.17, 15) is 9.59 Å². The van der Waals surface area contributed by atoms with Crippen molar-refractivity contribution in [1.82, 2.24) is 4.98 Å². The smallest absolute Gasteiger partial charge is 0.353 e. The largest absolute Gasteiger partial charge is 0.477 e. The van der Waals surface area contributed by atoms with Crippen LogP contribution in [0, 0.1) is 0 Å². The molecule has 0 saturated heterocycles. The van der Waals surface area contributed by atoms with Crippen molar-refractivity contribution < 1.29 is 9.90 Å². The number of hydrogen-bond donors (Lipinski definition) is 3. The van der Waals surface area contributed by atoms with Crippen LogP contribution in [0.25, 0.3) is 0 Å². The monoisotopic (exact) mass is 232 g/mol. The van der Waals surface area contributed by atoms with Crippen LogP contribution in [-0.2, 0) is 0 Å². The van der Waals surface area contributed by atoms with Crippen LogP contribution in [0.3, 0.4) is 0 Å². The van der Waals surface area contributed by atoms with Crippen molar-refractivity contribution in [2.75, 3.05) is 5.73 Å². The fourth-order valence-electron chi connectivity index (χ4n) is 0.675. The summed E-state index contributed by atoms with van der Waals surface area (Å²) in [5.41, 5.74) is 4.40. The zero-order chi connectivity index (χ0) is 9.30. The molecule has 0 bridgehead atoms. The average molecular weight is 233 g/mol. The first-order valence-corrected chi connectivity index (χ1v) is 3.73. The van der Waals surface area contributed by atoms with Crippen molar-refractivity contribution in [3.63, 3.8) is 0 Å². The Balaban J connectivity index is 3.43. The van der Waals surface area contributed by atoms with E-state index >= 15 is 0 Å². The number of pyridine rings is 1. The van der Waals surface area contributed by atoms with Crippen molar-refractivity contribution in [2.45, 2.75) is 0 Å². The Labute approximate surface area is 75.3 Å². The van der Waals surface area contributed by atoms with Gasteiger partial charge in [-0.3, -0.25) is 4.79 Å². The van der Waals surface area contributed by atoms with Crippen LogP contribution in [0.15, 0.2) is 15.3 Å². The molecule has 0 radical (unpaired) electrons. The minimum absolute atomic E-state index is 0.0214. The van der Waals surface area contributed by atoms with E-state index in [1.54, 1.807) is 0 Å². The second-order valence-corrected chi connectivity index (χ2v) is 2.94. The topological polar surface area (TPSA) is 96.2 Å².